The maximum absolute atomic E-state index is 12.4. The van der Waals surface area contributed by atoms with E-state index in [0.29, 0.717) is 35.8 Å². The molecular formula is C14H17ClN2O3. The Labute approximate surface area is 122 Å². The maximum atomic E-state index is 12.4. The van der Waals surface area contributed by atoms with Crippen LogP contribution in [0.4, 0.5) is 5.69 Å². The van der Waals surface area contributed by atoms with Crippen LogP contribution in [-0.2, 0) is 9.53 Å². The number of nitrogens with two attached hydrogens (primary N) is 1. The predicted octanol–water partition coefficient (Wildman–Crippen LogP) is 2.09. The summed E-state index contributed by atoms with van der Waals surface area (Å²) < 4.78 is 5.01. The molecule has 1 aliphatic rings. The van der Waals surface area contributed by atoms with Gasteiger partial charge in [-0.15, -0.1) is 0 Å². The highest BCUT2D eigenvalue weighted by Crippen LogP contribution is 2.24. The standard InChI is InChI=1S/C14H17ClN2O3/c1-2-20-14(19)12-4-3-7-17(12)13(18)9-5-6-11(16)10(15)8-9/h5-6,8,12H,2-4,7,16H2,1H3. The molecule has 1 aromatic carbocycles. The number of ether oxygens (including phenoxy) is 1. The SMILES string of the molecule is CCOC(=O)C1CCCN1C(=O)c1ccc(N)c(Cl)c1. The number of amides is 1. The van der Waals surface area contributed by atoms with Crippen molar-refractivity contribution in [2.75, 3.05) is 18.9 Å². The molecule has 1 unspecified atom stereocenters. The summed E-state index contributed by atoms with van der Waals surface area (Å²) in [7, 11) is 0. The van der Waals surface area contributed by atoms with E-state index in [1.54, 1.807) is 24.0 Å². The van der Waals surface area contributed by atoms with E-state index in [1.165, 1.54) is 6.07 Å². The Balaban J connectivity index is 2.18. The molecule has 0 spiro atoms. The van der Waals surface area contributed by atoms with Crippen LogP contribution < -0.4 is 5.73 Å². The third-order valence-electron chi connectivity index (χ3n) is 3.32. The highest BCUT2D eigenvalue weighted by molar-refractivity contribution is 6.33. The molecule has 20 heavy (non-hydrogen) atoms. The Morgan fingerprint density at radius 3 is 2.90 bits per heavy atom. The minimum atomic E-state index is -0.501. The molecule has 1 atom stereocenters. The number of carbonyl (C=O) groups is 2. The number of anilines is 1. The topological polar surface area (TPSA) is 72.6 Å². The Kier molecular flexibility index (Phi) is 4.49. The number of hydrogen-bond acceptors (Lipinski definition) is 4. The molecule has 0 radical (unpaired) electrons. The molecule has 1 aliphatic heterocycles. The van der Waals surface area contributed by atoms with Gasteiger partial charge in [0.25, 0.3) is 5.91 Å². The van der Waals surface area contributed by atoms with Crippen molar-refractivity contribution in [1.82, 2.24) is 4.90 Å². The summed E-state index contributed by atoms with van der Waals surface area (Å²) in [6, 6.07) is 4.23. The zero-order valence-electron chi connectivity index (χ0n) is 11.3. The van der Waals surface area contributed by atoms with E-state index < -0.39 is 6.04 Å². The fraction of sp³-hybridized carbons (Fsp3) is 0.429. The van der Waals surface area contributed by atoms with E-state index in [9.17, 15) is 9.59 Å². The first-order valence-corrected chi connectivity index (χ1v) is 6.95. The third-order valence-corrected chi connectivity index (χ3v) is 3.65. The number of halogens is 1. The molecule has 0 aromatic heterocycles. The minimum Gasteiger partial charge on any atom is -0.464 e. The van der Waals surface area contributed by atoms with Crippen LogP contribution in [0.5, 0.6) is 0 Å². The molecule has 1 saturated heterocycles. The van der Waals surface area contributed by atoms with Crippen molar-refractivity contribution in [3.8, 4) is 0 Å². The lowest BCUT2D eigenvalue weighted by molar-refractivity contribution is -0.147. The number of rotatable bonds is 3. The van der Waals surface area contributed by atoms with Crippen LogP contribution in [0.15, 0.2) is 18.2 Å². The van der Waals surface area contributed by atoms with Crippen LogP contribution in [0, 0.1) is 0 Å². The van der Waals surface area contributed by atoms with Crippen molar-refractivity contribution in [2.45, 2.75) is 25.8 Å². The molecule has 1 heterocycles. The zero-order valence-corrected chi connectivity index (χ0v) is 12.0. The summed E-state index contributed by atoms with van der Waals surface area (Å²) in [5.74, 6) is -0.567. The van der Waals surface area contributed by atoms with Crippen molar-refractivity contribution in [3.05, 3.63) is 28.8 Å². The summed E-state index contributed by atoms with van der Waals surface area (Å²) in [5.41, 5.74) is 6.48. The number of carbonyl (C=O) groups excluding carboxylic acids is 2. The van der Waals surface area contributed by atoms with Gasteiger partial charge in [0, 0.05) is 12.1 Å². The van der Waals surface area contributed by atoms with Gasteiger partial charge in [-0.1, -0.05) is 11.6 Å². The zero-order chi connectivity index (χ0) is 14.7. The second-order valence-corrected chi connectivity index (χ2v) is 5.05. The first kappa shape index (κ1) is 14.7. The van der Waals surface area contributed by atoms with Gasteiger partial charge in [-0.25, -0.2) is 4.79 Å². The maximum Gasteiger partial charge on any atom is 0.328 e. The predicted molar refractivity (Wildman–Crippen MR) is 76.6 cm³/mol. The largest absolute Gasteiger partial charge is 0.464 e. The number of benzene rings is 1. The Hall–Kier alpha value is -1.75. The first-order valence-electron chi connectivity index (χ1n) is 6.57. The molecular weight excluding hydrogens is 280 g/mol. The van der Waals surface area contributed by atoms with E-state index in [0.717, 1.165) is 6.42 Å². The minimum absolute atomic E-state index is 0.220. The summed E-state index contributed by atoms with van der Waals surface area (Å²) in [4.78, 5) is 25.8. The number of esters is 1. The third kappa shape index (κ3) is 2.88. The molecule has 2 rings (SSSR count). The Bertz CT molecular complexity index is 533. The van der Waals surface area contributed by atoms with Crippen molar-refractivity contribution >= 4 is 29.2 Å². The summed E-state index contributed by atoms with van der Waals surface area (Å²) >= 11 is 5.93. The normalized spacial score (nSPS) is 18.1. The number of nitrogens with zero attached hydrogens (tertiary/aromatic N) is 1. The number of hydrogen-bond donors (Lipinski definition) is 1. The second kappa shape index (κ2) is 6.13. The van der Waals surface area contributed by atoms with Crippen molar-refractivity contribution in [2.24, 2.45) is 0 Å². The van der Waals surface area contributed by atoms with Gasteiger partial charge in [0.2, 0.25) is 0 Å². The lowest BCUT2D eigenvalue weighted by Gasteiger charge is -2.23. The fourth-order valence-electron chi connectivity index (χ4n) is 2.32. The molecule has 108 valence electrons. The van der Waals surface area contributed by atoms with Crippen LogP contribution in [0.1, 0.15) is 30.1 Å². The highest BCUT2D eigenvalue weighted by Gasteiger charge is 2.35. The van der Waals surface area contributed by atoms with Gasteiger partial charge in [-0.2, -0.15) is 0 Å². The van der Waals surface area contributed by atoms with E-state index in [4.69, 9.17) is 22.1 Å². The molecule has 2 N–H and O–H groups in total. The lowest BCUT2D eigenvalue weighted by atomic mass is 10.1. The molecule has 0 aliphatic carbocycles. The van der Waals surface area contributed by atoms with Crippen LogP contribution in [0.2, 0.25) is 5.02 Å². The van der Waals surface area contributed by atoms with E-state index in [1.807, 2.05) is 0 Å². The fourth-order valence-corrected chi connectivity index (χ4v) is 2.50. The molecule has 5 nitrogen and oxygen atoms in total. The van der Waals surface area contributed by atoms with Gasteiger partial charge in [-0.05, 0) is 38.0 Å². The number of likely N-dealkylation sites (tertiary alicyclic amines) is 1. The monoisotopic (exact) mass is 296 g/mol. The molecule has 0 saturated carbocycles. The van der Waals surface area contributed by atoms with Crippen LogP contribution in [-0.4, -0.2) is 36.0 Å². The van der Waals surface area contributed by atoms with Crippen molar-refractivity contribution < 1.29 is 14.3 Å². The second-order valence-electron chi connectivity index (χ2n) is 4.64. The van der Waals surface area contributed by atoms with Gasteiger partial charge in [0.15, 0.2) is 0 Å². The smallest absolute Gasteiger partial charge is 0.328 e. The summed E-state index contributed by atoms with van der Waals surface area (Å²) in [5, 5.41) is 0.336. The van der Waals surface area contributed by atoms with Crippen LogP contribution in [0.3, 0.4) is 0 Å². The average Bonchev–Trinajstić information content (AvgIpc) is 2.90. The summed E-state index contributed by atoms with van der Waals surface area (Å²) in [6.07, 6.45) is 1.42. The first-order chi connectivity index (χ1) is 9.54. The van der Waals surface area contributed by atoms with Gasteiger partial charge in [-0.3, -0.25) is 4.79 Å². The molecule has 1 fully saturated rings. The van der Waals surface area contributed by atoms with Gasteiger partial charge < -0.3 is 15.4 Å². The Morgan fingerprint density at radius 2 is 2.25 bits per heavy atom. The number of nitrogen functional groups attached to an aromatic ring is 1. The van der Waals surface area contributed by atoms with Gasteiger partial charge in [0.05, 0.1) is 17.3 Å². The van der Waals surface area contributed by atoms with Gasteiger partial charge >= 0.3 is 5.97 Å². The highest BCUT2D eigenvalue weighted by atomic mass is 35.5. The average molecular weight is 297 g/mol. The summed E-state index contributed by atoms with van der Waals surface area (Å²) in [6.45, 7) is 2.61. The molecule has 6 heteroatoms. The van der Waals surface area contributed by atoms with Crippen LogP contribution in [0.25, 0.3) is 0 Å². The van der Waals surface area contributed by atoms with E-state index >= 15 is 0 Å². The van der Waals surface area contributed by atoms with Gasteiger partial charge in [0.1, 0.15) is 6.04 Å². The van der Waals surface area contributed by atoms with Crippen LogP contribution >= 0.6 is 11.6 Å². The lowest BCUT2D eigenvalue weighted by Crippen LogP contribution is -2.41. The molecule has 0 bridgehead atoms. The van der Waals surface area contributed by atoms with Crippen molar-refractivity contribution in [3.63, 3.8) is 0 Å². The van der Waals surface area contributed by atoms with E-state index in [2.05, 4.69) is 0 Å². The van der Waals surface area contributed by atoms with E-state index in [-0.39, 0.29) is 11.9 Å². The Morgan fingerprint density at radius 1 is 1.50 bits per heavy atom. The van der Waals surface area contributed by atoms with Crippen molar-refractivity contribution in [1.29, 1.82) is 0 Å². The quantitative estimate of drug-likeness (QED) is 0.685. The molecule has 1 aromatic rings. The molecule has 1 amide bonds.